The number of rotatable bonds is 3. The van der Waals surface area contributed by atoms with Crippen LogP contribution in [0.3, 0.4) is 0 Å². The lowest BCUT2D eigenvalue weighted by Gasteiger charge is -2.36. The van der Waals surface area contributed by atoms with E-state index in [-0.39, 0.29) is 17.9 Å². The van der Waals surface area contributed by atoms with Crippen LogP contribution < -0.4 is 10.2 Å². The summed E-state index contributed by atoms with van der Waals surface area (Å²) in [6.07, 6.45) is 3.94. The van der Waals surface area contributed by atoms with Crippen LogP contribution in [0.5, 0.6) is 0 Å². The second-order valence-electron chi connectivity index (χ2n) is 6.91. The monoisotopic (exact) mass is 386 g/mol. The number of amides is 2. The average molecular weight is 386 g/mol. The van der Waals surface area contributed by atoms with Crippen LogP contribution in [0.2, 0.25) is 0 Å². The molecule has 2 fully saturated rings. The van der Waals surface area contributed by atoms with E-state index in [2.05, 4.69) is 20.3 Å². The molecule has 2 aliphatic rings. The number of anilines is 1. The lowest BCUT2D eigenvalue weighted by molar-refractivity contribution is 0.189. The number of piperidine rings is 1. The summed E-state index contributed by atoms with van der Waals surface area (Å²) in [5.74, 6) is -0.258. The average Bonchev–Trinajstić information content (AvgIpc) is 3.37. The van der Waals surface area contributed by atoms with Crippen molar-refractivity contribution in [2.45, 2.75) is 18.9 Å². The number of nitrogens with zero attached hydrogens (tertiary/aromatic N) is 5. The Bertz CT molecular complexity index is 952. The molecule has 2 aromatic heterocycles. The molecule has 7 nitrogen and oxygen atoms in total. The van der Waals surface area contributed by atoms with Crippen molar-refractivity contribution in [1.82, 2.24) is 24.8 Å². The maximum Gasteiger partial charge on any atom is 0.317 e. The molecule has 2 amide bonds. The van der Waals surface area contributed by atoms with Gasteiger partial charge in [-0.15, -0.1) is 5.10 Å². The van der Waals surface area contributed by atoms with Gasteiger partial charge in [0.2, 0.25) is 10.1 Å². The Morgan fingerprint density at radius 2 is 2.07 bits per heavy atom. The highest BCUT2D eigenvalue weighted by Gasteiger charge is 2.32. The quantitative estimate of drug-likeness (QED) is 0.751. The zero-order valence-corrected chi connectivity index (χ0v) is 15.5. The zero-order chi connectivity index (χ0) is 18.4. The van der Waals surface area contributed by atoms with Gasteiger partial charge in [0.1, 0.15) is 5.82 Å². The first-order chi connectivity index (χ1) is 13.2. The number of hydrogen-bond donors (Lipinski definition) is 1. The van der Waals surface area contributed by atoms with Crippen molar-refractivity contribution in [2.24, 2.45) is 0 Å². The van der Waals surface area contributed by atoms with Crippen molar-refractivity contribution in [3.63, 3.8) is 0 Å². The standard InChI is InChI=1S/C18H19FN6OS/c19-13-5-3-12(4-6-13)15-11-25-17(21-15)27-18(22-25)23-8-1-2-14(10-23)24-9-7-20-16(24)26/h3-6,11,14H,1-2,7-10H2,(H,20,26). The minimum Gasteiger partial charge on any atom is -0.345 e. The topological polar surface area (TPSA) is 65.8 Å². The lowest BCUT2D eigenvalue weighted by atomic mass is 10.1. The highest BCUT2D eigenvalue weighted by Crippen LogP contribution is 2.29. The van der Waals surface area contributed by atoms with E-state index in [1.54, 1.807) is 28.0 Å². The van der Waals surface area contributed by atoms with Crippen LogP contribution in [0.25, 0.3) is 16.2 Å². The fourth-order valence-corrected chi connectivity index (χ4v) is 4.71. The first kappa shape index (κ1) is 16.5. The van der Waals surface area contributed by atoms with Crippen molar-refractivity contribution < 1.29 is 9.18 Å². The number of fused-ring (bicyclic) bond motifs is 1. The molecule has 1 N–H and O–H groups in total. The third kappa shape index (κ3) is 3.01. The summed E-state index contributed by atoms with van der Waals surface area (Å²) in [6.45, 7) is 3.24. The number of aromatic nitrogens is 3. The molecule has 0 bridgehead atoms. The summed E-state index contributed by atoms with van der Waals surface area (Å²) in [6, 6.07) is 6.58. The number of benzene rings is 1. The highest BCUT2D eigenvalue weighted by atomic mass is 32.1. The van der Waals surface area contributed by atoms with Crippen LogP contribution in [-0.4, -0.2) is 57.7 Å². The molecule has 5 rings (SSSR count). The summed E-state index contributed by atoms with van der Waals surface area (Å²) in [7, 11) is 0. The Kier molecular flexibility index (Phi) is 3.96. The van der Waals surface area contributed by atoms with E-state index in [1.807, 2.05) is 11.1 Å². The van der Waals surface area contributed by atoms with E-state index in [0.29, 0.717) is 0 Å². The Labute approximate surface area is 159 Å². The van der Waals surface area contributed by atoms with Crippen molar-refractivity contribution in [3.8, 4) is 11.3 Å². The lowest BCUT2D eigenvalue weighted by Crippen LogP contribution is -2.49. The molecule has 9 heteroatoms. The summed E-state index contributed by atoms with van der Waals surface area (Å²) >= 11 is 1.54. The molecule has 27 heavy (non-hydrogen) atoms. The van der Waals surface area contributed by atoms with Crippen molar-refractivity contribution >= 4 is 27.5 Å². The predicted molar refractivity (Wildman–Crippen MR) is 102 cm³/mol. The molecular formula is C18H19FN6OS. The van der Waals surface area contributed by atoms with Gasteiger partial charge in [0, 0.05) is 31.7 Å². The van der Waals surface area contributed by atoms with Gasteiger partial charge in [-0.2, -0.15) is 0 Å². The van der Waals surface area contributed by atoms with E-state index in [9.17, 15) is 9.18 Å². The fraction of sp³-hybridized carbons (Fsp3) is 0.389. The van der Waals surface area contributed by atoms with Crippen LogP contribution in [0.4, 0.5) is 14.3 Å². The molecule has 4 heterocycles. The summed E-state index contributed by atoms with van der Waals surface area (Å²) in [5, 5.41) is 8.49. The molecule has 2 saturated heterocycles. The second kappa shape index (κ2) is 6.49. The summed E-state index contributed by atoms with van der Waals surface area (Å²) in [5.41, 5.74) is 1.65. The van der Waals surface area contributed by atoms with Crippen molar-refractivity contribution in [2.75, 3.05) is 31.1 Å². The Morgan fingerprint density at radius 1 is 1.22 bits per heavy atom. The molecular weight excluding hydrogens is 367 g/mol. The molecule has 2 aliphatic heterocycles. The minimum absolute atomic E-state index is 0.0414. The van der Waals surface area contributed by atoms with Gasteiger partial charge in [-0.3, -0.25) is 0 Å². The molecule has 1 unspecified atom stereocenters. The minimum atomic E-state index is -0.258. The fourth-order valence-electron chi connectivity index (χ4n) is 3.79. The summed E-state index contributed by atoms with van der Waals surface area (Å²) < 4.78 is 14.9. The van der Waals surface area contributed by atoms with Crippen LogP contribution in [0.1, 0.15) is 12.8 Å². The van der Waals surface area contributed by atoms with Gasteiger partial charge in [-0.1, -0.05) is 11.3 Å². The van der Waals surface area contributed by atoms with Crippen LogP contribution in [-0.2, 0) is 0 Å². The normalized spacial score (nSPS) is 20.5. The van der Waals surface area contributed by atoms with Gasteiger partial charge >= 0.3 is 6.03 Å². The maximum absolute atomic E-state index is 13.1. The number of imidazole rings is 1. The largest absolute Gasteiger partial charge is 0.345 e. The van der Waals surface area contributed by atoms with Crippen molar-refractivity contribution in [1.29, 1.82) is 0 Å². The van der Waals surface area contributed by atoms with Crippen LogP contribution in [0, 0.1) is 5.82 Å². The first-order valence-electron chi connectivity index (χ1n) is 9.09. The first-order valence-corrected chi connectivity index (χ1v) is 9.90. The number of hydrogen-bond acceptors (Lipinski definition) is 5. The smallest absolute Gasteiger partial charge is 0.317 e. The van der Waals surface area contributed by atoms with Crippen LogP contribution >= 0.6 is 11.3 Å². The van der Waals surface area contributed by atoms with Gasteiger partial charge in [0.15, 0.2) is 0 Å². The van der Waals surface area contributed by atoms with Crippen LogP contribution in [0.15, 0.2) is 30.5 Å². The van der Waals surface area contributed by atoms with Crippen molar-refractivity contribution in [3.05, 3.63) is 36.3 Å². The highest BCUT2D eigenvalue weighted by molar-refractivity contribution is 7.20. The maximum atomic E-state index is 13.1. The van der Waals surface area contributed by atoms with Gasteiger partial charge in [0.05, 0.1) is 17.9 Å². The SMILES string of the molecule is O=C1NCCN1C1CCCN(c2nn3cc(-c4ccc(F)cc4)nc3s2)C1. The van der Waals surface area contributed by atoms with E-state index in [4.69, 9.17) is 0 Å². The number of carbonyl (C=O) groups is 1. The number of urea groups is 1. The molecule has 1 atom stereocenters. The Morgan fingerprint density at radius 3 is 2.81 bits per heavy atom. The molecule has 140 valence electrons. The predicted octanol–water partition coefficient (Wildman–Crippen LogP) is 2.59. The van der Waals surface area contributed by atoms with E-state index >= 15 is 0 Å². The number of carbonyl (C=O) groups excluding carboxylic acids is 1. The molecule has 0 radical (unpaired) electrons. The van der Waals surface area contributed by atoms with E-state index in [0.717, 1.165) is 60.4 Å². The number of halogens is 1. The molecule has 0 saturated carbocycles. The second-order valence-corrected chi connectivity index (χ2v) is 7.85. The van der Waals surface area contributed by atoms with Gasteiger partial charge in [-0.05, 0) is 37.1 Å². The van der Waals surface area contributed by atoms with Gasteiger partial charge in [-0.25, -0.2) is 18.7 Å². The van der Waals surface area contributed by atoms with Gasteiger partial charge in [0.25, 0.3) is 0 Å². The molecule has 0 aliphatic carbocycles. The third-order valence-electron chi connectivity index (χ3n) is 5.17. The van der Waals surface area contributed by atoms with E-state index < -0.39 is 0 Å². The number of nitrogens with one attached hydrogen (secondary N) is 1. The molecule has 3 aromatic rings. The Balaban J connectivity index is 1.36. The molecule has 1 aromatic carbocycles. The molecule has 0 spiro atoms. The Hall–Kier alpha value is -2.68. The zero-order valence-electron chi connectivity index (χ0n) is 14.6. The summed E-state index contributed by atoms with van der Waals surface area (Å²) in [4.78, 5) is 21.6. The van der Waals surface area contributed by atoms with Gasteiger partial charge < -0.3 is 15.1 Å². The van der Waals surface area contributed by atoms with E-state index in [1.165, 1.54) is 12.1 Å². The third-order valence-corrected chi connectivity index (χ3v) is 6.15.